The molecule has 0 heterocycles. The molecule has 0 saturated carbocycles. The molecule has 0 spiro atoms. The predicted octanol–water partition coefficient (Wildman–Crippen LogP) is 1.71. The van der Waals surface area contributed by atoms with Crippen LogP contribution in [0.2, 0.25) is 5.02 Å². The quantitative estimate of drug-likeness (QED) is 0.840. The van der Waals surface area contributed by atoms with Crippen molar-refractivity contribution >= 4 is 27.6 Å². The topological polar surface area (TPSA) is 72.5 Å². The predicted molar refractivity (Wildman–Crippen MR) is 67.8 cm³/mol. The standard InChI is InChI=1S/C11H13ClFNO4S/c1-3-18-11(15)7(2)14-19(16,17)10-5-4-8(12)6-9(10)13/h4-7,14H,3H2,1-2H3. The van der Waals surface area contributed by atoms with E-state index in [2.05, 4.69) is 4.74 Å². The largest absolute Gasteiger partial charge is 0.465 e. The average Bonchev–Trinajstić information content (AvgIpc) is 2.27. The summed E-state index contributed by atoms with van der Waals surface area (Å²) >= 11 is 5.54. The van der Waals surface area contributed by atoms with E-state index >= 15 is 0 Å². The lowest BCUT2D eigenvalue weighted by Crippen LogP contribution is -2.39. The Morgan fingerprint density at radius 1 is 1.53 bits per heavy atom. The van der Waals surface area contributed by atoms with Crippen LogP contribution in [0.5, 0.6) is 0 Å². The first-order valence-corrected chi connectivity index (χ1v) is 7.28. The van der Waals surface area contributed by atoms with Gasteiger partial charge in [-0.1, -0.05) is 11.6 Å². The fourth-order valence-corrected chi connectivity index (χ4v) is 2.71. The first kappa shape index (κ1) is 15.9. The van der Waals surface area contributed by atoms with Gasteiger partial charge in [-0.05, 0) is 32.0 Å². The maximum Gasteiger partial charge on any atom is 0.323 e. The smallest absolute Gasteiger partial charge is 0.323 e. The van der Waals surface area contributed by atoms with Gasteiger partial charge in [0.25, 0.3) is 0 Å². The number of halogens is 2. The molecule has 106 valence electrons. The van der Waals surface area contributed by atoms with E-state index in [1.807, 2.05) is 4.72 Å². The van der Waals surface area contributed by atoms with Crippen LogP contribution in [-0.2, 0) is 19.6 Å². The van der Waals surface area contributed by atoms with Crippen molar-refractivity contribution in [3.05, 3.63) is 29.0 Å². The summed E-state index contributed by atoms with van der Waals surface area (Å²) in [6.45, 7) is 3.03. The second-order valence-corrected chi connectivity index (χ2v) is 5.79. The number of rotatable bonds is 5. The number of benzene rings is 1. The maximum atomic E-state index is 13.5. The van der Waals surface area contributed by atoms with Crippen molar-refractivity contribution in [2.75, 3.05) is 6.61 Å². The monoisotopic (exact) mass is 309 g/mol. The molecule has 0 aliphatic heterocycles. The molecule has 0 fully saturated rings. The van der Waals surface area contributed by atoms with Gasteiger partial charge in [0.05, 0.1) is 6.61 Å². The molecule has 0 amide bonds. The van der Waals surface area contributed by atoms with Gasteiger partial charge in [0.2, 0.25) is 10.0 Å². The maximum absolute atomic E-state index is 13.5. The second kappa shape index (κ2) is 6.31. The van der Waals surface area contributed by atoms with Gasteiger partial charge in [0.15, 0.2) is 0 Å². The van der Waals surface area contributed by atoms with Crippen molar-refractivity contribution < 1.29 is 22.3 Å². The van der Waals surface area contributed by atoms with Crippen LogP contribution in [0.1, 0.15) is 13.8 Å². The van der Waals surface area contributed by atoms with E-state index in [0.29, 0.717) is 0 Å². The van der Waals surface area contributed by atoms with Crippen molar-refractivity contribution in [3.63, 3.8) is 0 Å². The van der Waals surface area contributed by atoms with Crippen LogP contribution in [0, 0.1) is 5.82 Å². The van der Waals surface area contributed by atoms with Gasteiger partial charge in [-0.2, -0.15) is 4.72 Å². The minimum absolute atomic E-state index is 0.0786. The molecule has 1 aromatic rings. The normalized spacial score (nSPS) is 13.1. The van der Waals surface area contributed by atoms with Crippen molar-refractivity contribution in [2.45, 2.75) is 24.8 Å². The molecule has 1 rings (SSSR count). The van der Waals surface area contributed by atoms with Crippen LogP contribution < -0.4 is 4.72 Å². The molecular weight excluding hydrogens is 297 g/mol. The van der Waals surface area contributed by atoms with Crippen molar-refractivity contribution in [1.82, 2.24) is 4.72 Å². The van der Waals surface area contributed by atoms with Gasteiger partial charge in [-0.15, -0.1) is 0 Å². The highest BCUT2D eigenvalue weighted by molar-refractivity contribution is 7.89. The van der Waals surface area contributed by atoms with E-state index in [0.717, 1.165) is 12.1 Å². The van der Waals surface area contributed by atoms with Crippen LogP contribution in [0.4, 0.5) is 4.39 Å². The van der Waals surface area contributed by atoms with Gasteiger partial charge in [0.1, 0.15) is 16.8 Å². The lowest BCUT2D eigenvalue weighted by atomic mass is 10.3. The third-order valence-corrected chi connectivity index (χ3v) is 3.96. The van der Waals surface area contributed by atoms with E-state index in [4.69, 9.17) is 11.6 Å². The van der Waals surface area contributed by atoms with Gasteiger partial charge >= 0.3 is 5.97 Å². The number of esters is 1. The number of hydrogen-bond acceptors (Lipinski definition) is 4. The van der Waals surface area contributed by atoms with Crippen LogP contribution in [-0.4, -0.2) is 27.0 Å². The summed E-state index contributed by atoms with van der Waals surface area (Å²) in [7, 11) is -4.15. The average molecular weight is 310 g/mol. The number of nitrogens with one attached hydrogen (secondary N) is 1. The SMILES string of the molecule is CCOC(=O)C(C)NS(=O)(=O)c1ccc(Cl)cc1F. The molecule has 0 radical (unpaired) electrons. The first-order chi connectivity index (χ1) is 8.77. The number of carbonyl (C=O) groups excluding carboxylic acids is 1. The highest BCUT2D eigenvalue weighted by atomic mass is 35.5. The summed E-state index contributed by atoms with van der Waals surface area (Å²) in [5.41, 5.74) is 0. The highest BCUT2D eigenvalue weighted by Gasteiger charge is 2.25. The molecule has 0 aliphatic carbocycles. The summed E-state index contributed by atoms with van der Waals surface area (Å²) in [5.74, 6) is -1.73. The van der Waals surface area contributed by atoms with Gasteiger partial charge < -0.3 is 4.74 Å². The van der Waals surface area contributed by atoms with Crippen LogP contribution in [0.25, 0.3) is 0 Å². The Labute approximate surface area is 115 Å². The second-order valence-electron chi connectivity index (χ2n) is 3.67. The van der Waals surface area contributed by atoms with Crippen molar-refractivity contribution in [1.29, 1.82) is 0 Å². The van der Waals surface area contributed by atoms with E-state index in [-0.39, 0.29) is 11.6 Å². The fraction of sp³-hybridized carbons (Fsp3) is 0.364. The molecule has 1 unspecified atom stereocenters. The molecule has 1 atom stereocenters. The zero-order chi connectivity index (χ0) is 14.6. The van der Waals surface area contributed by atoms with E-state index in [1.54, 1.807) is 6.92 Å². The third kappa shape index (κ3) is 4.15. The summed E-state index contributed by atoms with van der Waals surface area (Å²) in [6.07, 6.45) is 0. The molecule has 0 aliphatic rings. The van der Waals surface area contributed by atoms with Gasteiger partial charge in [0, 0.05) is 5.02 Å². The lowest BCUT2D eigenvalue weighted by molar-refractivity contribution is -0.144. The van der Waals surface area contributed by atoms with Gasteiger partial charge in [-0.25, -0.2) is 12.8 Å². The molecule has 0 bridgehead atoms. The third-order valence-electron chi connectivity index (χ3n) is 2.16. The molecule has 0 saturated heterocycles. The molecular formula is C11H13ClFNO4S. The Balaban J connectivity index is 2.95. The number of ether oxygens (including phenoxy) is 1. The van der Waals surface area contributed by atoms with E-state index < -0.39 is 32.7 Å². The summed E-state index contributed by atoms with van der Waals surface area (Å²) in [6, 6.07) is 2.04. The van der Waals surface area contributed by atoms with Gasteiger partial charge in [-0.3, -0.25) is 4.79 Å². The Bertz CT molecular complexity index is 576. The molecule has 5 nitrogen and oxygen atoms in total. The fourth-order valence-electron chi connectivity index (χ4n) is 1.30. The summed E-state index contributed by atoms with van der Waals surface area (Å²) in [4.78, 5) is 10.8. The molecule has 0 aromatic heterocycles. The molecule has 19 heavy (non-hydrogen) atoms. The Kier molecular flexibility index (Phi) is 5.28. The Hall–Kier alpha value is -1.18. The highest BCUT2D eigenvalue weighted by Crippen LogP contribution is 2.19. The number of carbonyl (C=O) groups is 1. The molecule has 8 heteroatoms. The van der Waals surface area contributed by atoms with Crippen LogP contribution in [0.3, 0.4) is 0 Å². The van der Waals surface area contributed by atoms with Crippen molar-refractivity contribution in [2.24, 2.45) is 0 Å². The summed E-state index contributed by atoms with van der Waals surface area (Å²) < 4.78 is 44.0. The Morgan fingerprint density at radius 3 is 2.68 bits per heavy atom. The zero-order valence-electron chi connectivity index (χ0n) is 10.3. The first-order valence-electron chi connectivity index (χ1n) is 5.42. The van der Waals surface area contributed by atoms with E-state index in [9.17, 15) is 17.6 Å². The van der Waals surface area contributed by atoms with Crippen molar-refractivity contribution in [3.8, 4) is 0 Å². The number of sulfonamides is 1. The van der Waals surface area contributed by atoms with E-state index in [1.165, 1.54) is 13.0 Å². The van der Waals surface area contributed by atoms with Crippen LogP contribution >= 0.6 is 11.6 Å². The minimum atomic E-state index is -4.15. The number of hydrogen-bond donors (Lipinski definition) is 1. The molecule has 1 aromatic carbocycles. The zero-order valence-corrected chi connectivity index (χ0v) is 11.9. The minimum Gasteiger partial charge on any atom is -0.465 e. The molecule has 1 N–H and O–H groups in total. The Morgan fingerprint density at radius 2 is 2.16 bits per heavy atom. The lowest BCUT2D eigenvalue weighted by Gasteiger charge is -2.13. The van der Waals surface area contributed by atoms with Crippen LogP contribution in [0.15, 0.2) is 23.1 Å². The summed E-state index contributed by atoms with van der Waals surface area (Å²) in [5, 5.41) is 0.0786.